The van der Waals surface area contributed by atoms with Crippen molar-refractivity contribution in [3.8, 4) is 0 Å². The molecule has 5 nitrogen and oxygen atoms in total. The average Bonchev–Trinajstić information content (AvgIpc) is 2.44. The van der Waals surface area contributed by atoms with Crippen LogP contribution in [0, 0.1) is 5.92 Å². The zero-order valence-electron chi connectivity index (χ0n) is 12.5. The molecule has 0 radical (unpaired) electrons. The number of methoxy groups -OCH3 is 1. The van der Waals surface area contributed by atoms with Crippen molar-refractivity contribution in [2.45, 2.75) is 26.3 Å². The summed E-state index contributed by atoms with van der Waals surface area (Å²) in [6.07, 6.45) is 0.532. The molecule has 0 bridgehead atoms. The number of nitrogens with one attached hydrogen (secondary N) is 2. The monoisotopic (exact) mass is 312 g/mol. The molecule has 116 valence electrons. The first-order valence-corrected chi connectivity index (χ1v) is 7.17. The van der Waals surface area contributed by atoms with Crippen LogP contribution in [0.3, 0.4) is 0 Å². The van der Waals surface area contributed by atoms with Gasteiger partial charge in [0, 0.05) is 0 Å². The predicted molar refractivity (Wildman–Crippen MR) is 83.3 cm³/mol. The van der Waals surface area contributed by atoms with Gasteiger partial charge in [0.15, 0.2) is 0 Å². The summed E-state index contributed by atoms with van der Waals surface area (Å²) in [4.78, 5) is 23.5. The van der Waals surface area contributed by atoms with Crippen LogP contribution in [0.4, 0.5) is 5.69 Å². The normalized spacial score (nSPS) is 11.9. The topological polar surface area (TPSA) is 67.4 Å². The van der Waals surface area contributed by atoms with Crippen LogP contribution in [0.1, 0.15) is 20.3 Å². The lowest BCUT2D eigenvalue weighted by atomic mass is 10.0. The van der Waals surface area contributed by atoms with Gasteiger partial charge in [-0.2, -0.15) is 0 Å². The Bertz CT molecular complexity index is 492. The summed E-state index contributed by atoms with van der Waals surface area (Å²) in [5.74, 6) is -0.452. The lowest BCUT2D eigenvalue weighted by Crippen LogP contribution is -2.44. The van der Waals surface area contributed by atoms with Gasteiger partial charge < -0.3 is 15.4 Å². The van der Waals surface area contributed by atoms with E-state index in [0.29, 0.717) is 17.1 Å². The number of halogens is 1. The fourth-order valence-corrected chi connectivity index (χ4v) is 2.06. The summed E-state index contributed by atoms with van der Waals surface area (Å²) in [7, 11) is 1.31. The quantitative estimate of drug-likeness (QED) is 0.759. The molecule has 0 spiro atoms. The molecule has 0 aliphatic heterocycles. The molecule has 0 saturated heterocycles. The third-order valence-corrected chi connectivity index (χ3v) is 3.17. The first-order chi connectivity index (χ1) is 9.93. The Hall–Kier alpha value is -1.75. The van der Waals surface area contributed by atoms with E-state index in [1.165, 1.54) is 7.11 Å². The molecule has 1 atom stereocenters. The van der Waals surface area contributed by atoms with E-state index in [1.807, 2.05) is 26.0 Å². The van der Waals surface area contributed by atoms with Gasteiger partial charge in [0.1, 0.15) is 6.04 Å². The van der Waals surface area contributed by atoms with Crippen LogP contribution in [-0.4, -0.2) is 31.6 Å². The molecule has 21 heavy (non-hydrogen) atoms. The Morgan fingerprint density at radius 1 is 1.29 bits per heavy atom. The lowest BCUT2D eigenvalue weighted by molar-refractivity contribution is -0.145. The standard InChI is InChI=1S/C15H21ClN2O3/c1-10(2)8-13(15(20)21-3)18-14(19)9-17-12-7-5-4-6-11(12)16/h4-7,10,13,17H,8-9H2,1-3H3,(H,18,19). The summed E-state index contributed by atoms with van der Waals surface area (Å²) in [6, 6.07) is 6.51. The maximum Gasteiger partial charge on any atom is 0.328 e. The first-order valence-electron chi connectivity index (χ1n) is 6.79. The number of carbonyl (C=O) groups excluding carboxylic acids is 2. The molecule has 0 heterocycles. The fraction of sp³-hybridized carbons (Fsp3) is 0.467. The molecular formula is C15H21ClN2O3. The van der Waals surface area contributed by atoms with Crippen molar-refractivity contribution in [2.75, 3.05) is 19.0 Å². The van der Waals surface area contributed by atoms with E-state index in [2.05, 4.69) is 10.6 Å². The maximum atomic E-state index is 11.9. The van der Waals surface area contributed by atoms with Crippen LogP contribution in [-0.2, 0) is 14.3 Å². The number of hydrogen-bond acceptors (Lipinski definition) is 4. The van der Waals surface area contributed by atoms with Crippen molar-refractivity contribution < 1.29 is 14.3 Å². The molecule has 1 aromatic rings. The number of para-hydroxylation sites is 1. The Balaban J connectivity index is 2.54. The number of esters is 1. The second-order valence-corrected chi connectivity index (χ2v) is 5.51. The van der Waals surface area contributed by atoms with Gasteiger partial charge in [-0.05, 0) is 24.5 Å². The largest absolute Gasteiger partial charge is 0.467 e. The van der Waals surface area contributed by atoms with Gasteiger partial charge in [-0.25, -0.2) is 4.79 Å². The fourth-order valence-electron chi connectivity index (χ4n) is 1.85. The highest BCUT2D eigenvalue weighted by Crippen LogP contribution is 2.19. The minimum Gasteiger partial charge on any atom is -0.467 e. The van der Waals surface area contributed by atoms with Gasteiger partial charge in [-0.15, -0.1) is 0 Å². The van der Waals surface area contributed by atoms with Gasteiger partial charge in [0.25, 0.3) is 0 Å². The molecule has 1 unspecified atom stereocenters. The van der Waals surface area contributed by atoms with Gasteiger partial charge in [0.05, 0.1) is 24.4 Å². The molecule has 1 amide bonds. The van der Waals surface area contributed by atoms with Crippen LogP contribution in [0.5, 0.6) is 0 Å². The van der Waals surface area contributed by atoms with Crippen molar-refractivity contribution in [1.82, 2.24) is 5.32 Å². The van der Waals surface area contributed by atoms with Crippen LogP contribution in [0.25, 0.3) is 0 Å². The highest BCUT2D eigenvalue weighted by atomic mass is 35.5. The number of anilines is 1. The minimum atomic E-state index is -0.629. The molecule has 0 fully saturated rings. The van der Waals surface area contributed by atoms with Crippen LogP contribution < -0.4 is 10.6 Å². The van der Waals surface area contributed by atoms with E-state index in [4.69, 9.17) is 16.3 Å². The lowest BCUT2D eigenvalue weighted by Gasteiger charge is -2.18. The van der Waals surface area contributed by atoms with Gasteiger partial charge >= 0.3 is 5.97 Å². The minimum absolute atomic E-state index is 0.0370. The predicted octanol–water partition coefficient (Wildman–Crippen LogP) is 2.46. The smallest absolute Gasteiger partial charge is 0.328 e. The SMILES string of the molecule is COC(=O)C(CC(C)C)NC(=O)CNc1ccccc1Cl. The summed E-state index contributed by atoms with van der Waals surface area (Å²) in [6.45, 7) is 3.99. The van der Waals surface area contributed by atoms with Crippen LogP contribution in [0.2, 0.25) is 5.02 Å². The van der Waals surface area contributed by atoms with Gasteiger partial charge in [0.2, 0.25) is 5.91 Å². The van der Waals surface area contributed by atoms with E-state index in [9.17, 15) is 9.59 Å². The number of amides is 1. The van der Waals surface area contributed by atoms with E-state index in [-0.39, 0.29) is 18.4 Å². The Kier molecular flexibility index (Phi) is 7.02. The van der Waals surface area contributed by atoms with Crippen LogP contribution in [0.15, 0.2) is 24.3 Å². The Labute approximate surface area is 130 Å². The number of carbonyl (C=O) groups is 2. The van der Waals surface area contributed by atoms with Crippen molar-refractivity contribution in [1.29, 1.82) is 0 Å². The zero-order chi connectivity index (χ0) is 15.8. The molecule has 0 aromatic heterocycles. The van der Waals surface area contributed by atoms with Crippen molar-refractivity contribution in [2.24, 2.45) is 5.92 Å². The number of ether oxygens (including phenoxy) is 1. The maximum absolute atomic E-state index is 11.9. The summed E-state index contributed by atoms with van der Waals surface area (Å²) in [5, 5.41) is 6.14. The third kappa shape index (κ3) is 6.04. The summed E-state index contributed by atoms with van der Waals surface area (Å²) >= 11 is 5.99. The zero-order valence-corrected chi connectivity index (χ0v) is 13.2. The first kappa shape index (κ1) is 17.3. The molecule has 0 aliphatic carbocycles. The molecule has 1 rings (SSSR count). The molecule has 1 aromatic carbocycles. The van der Waals surface area contributed by atoms with E-state index in [1.54, 1.807) is 12.1 Å². The second kappa shape index (κ2) is 8.52. The van der Waals surface area contributed by atoms with E-state index < -0.39 is 12.0 Å². The molecule has 0 aliphatic rings. The van der Waals surface area contributed by atoms with E-state index in [0.717, 1.165) is 0 Å². The Morgan fingerprint density at radius 2 is 1.95 bits per heavy atom. The van der Waals surface area contributed by atoms with Gasteiger partial charge in [-0.3, -0.25) is 4.79 Å². The summed E-state index contributed by atoms with van der Waals surface area (Å²) in [5.41, 5.74) is 0.674. The molecule has 2 N–H and O–H groups in total. The number of hydrogen-bond donors (Lipinski definition) is 2. The van der Waals surface area contributed by atoms with E-state index >= 15 is 0 Å². The molecular weight excluding hydrogens is 292 g/mol. The highest BCUT2D eigenvalue weighted by molar-refractivity contribution is 6.33. The Morgan fingerprint density at radius 3 is 2.52 bits per heavy atom. The molecule has 0 saturated carbocycles. The van der Waals surface area contributed by atoms with Crippen molar-refractivity contribution in [3.63, 3.8) is 0 Å². The summed E-state index contributed by atoms with van der Waals surface area (Å²) < 4.78 is 4.70. The molecule has 6 heteroatoms. The van der Waals surface area contributed by atoms with Gasteiger partial charge in [-0.1, -0.05) is 37.6 Å². The highest BCUT2D eigenvalue weighted by Gasteiger charge is 2.22. The average molecular weight is 313 g/mol. The van der Waals surface area contributed by atoms with Crippen molar-refractivity contribution in [3.05, 3.63) is 29.3 Å². The second-order valence-electron chi connectivity index (χ2n) is 5.11. The van der Waals surface area contributed by atoms with Crippen LogP contribution >= 0.6 is 11.6 Å². The number of benzene rings is 1. The van der Waals surface area contributed by atoms with Crippen molar-refractivity contribution >= 4 is 29.2 Å². The number of rotatable bonds is 7. The third-order valence-electron chi connectivity index (χ3n) is 2.84.